The molecule has 0 aromatic carbocycles. The average molecular weight is 380 g/mol. The molecule has 0 aliphatic carbocycles. The minimum absolute atomic E-state index is 0.0435. The Bertz CT molecular complexity index is 642. The molecule has 8 nitrogen and oxygen atoms in total. The van der Waals surface area contributed by atoms with Crippen LogP contribution < -0.4 is 0 Å². The molecular formula is C19H28N2O6. The van der Waals surface area contributed by atoms with Crippen LogP contribution in [0.5, 0.6) is 0 Å². The van der Waals surface area contributed by atoms with E-state index in [0.717, 1.165) is 0 Å². The highest BCUT2D eigenvalue weighted by Crippen LogP contribution is 2.31. The molecule has 1 aromatic heterocycles. The van der Waals surface area contributed by atoms with Crippen molar-refractivity contribution in [1.82, 2.24) is 9.80 Å². The fourth-order valence-corrected chi connectivity index (χ4v) is 3.56. The summed E-state index contributed by atoms with van der Waals surface area (Å²) in [5.74, 6) is -0.0131. The van der Waals surface area contributed by atoms with Crippen molar-refractivity contribution in [2.75, 3.05) is 53.1 Å². The number of methoxy groups -OCH3 is 1. The number of nitrogens with zero attached hydrogens (tertiary/aromatic N) is 2. The quantitative estimate of drug-likeness (QED) is 0.712. The van der Waals surface area contributed by atoms with Gasteiger partial charge in [-0.25, -0.2) is 0 Å². The van der Waals surface area contributed by atoms with Gasteiger partial charge in [0.2, 0.25) is 5.91 Å². The largest absolute Gasteiger partial charge is 0.469 e. The second-order valence-corrected chi connectivity index (χ2v) is 6.91. The van der Waals surface area contributed by atoms with E-state index in [9.17, 15) is 9.59 Å². The number of piperidine rings is 1. The fraction of sp³-hybridized carbons (Fsp3) is 0.684. The van der Waals surface area contributed by atoms with Crippen molar-refractivity contribution < 1.29 is 28.2 Å². The third-order valence-electron chi connectivity index (χ3n) is 5.23. The van der Waals surface area contributed by atoms with Gasteiger partial charge in [0.25, 0.3) is 5.91 Å². The summed E-state index contributed by atoms with van der Waals surface area (Å²) in [5, 5.41) is 0. The number of carbonyl (C=O) groups excluding carboxylic acids is 2. The van der Waals surface area contributed by atoms with E-state index in [0.29, 0.717) is 70.2 Å². The molecule has 2 amide bonds. The summed E-state index contributed by atoms with van der Waals surface area (Å²) in [4.78, 5) is 28.8. The first-order valence-electron chi connectivity index (χ1n) is 9.43. The smallest absolute Gasteiger partial charge is 0.257 e. The van der Waals surface area contributed by atoms with Gasteiger partial charge in [-0.3, -0.25) is 9.59 Å². The average Bonchev–Trinajstić information content (AvgIpc) is 3.31. The predicted octanol–water partition coefficient (Wildman–Crippen LogP) is 1.43. The molecule has 0 radical (unpaired) electrons. The Kier molecular flexibility index (Phi) is 6.51. The van der Waals surface area contributed by atoms with Crippen LogP contribution in [0.15, 0.2) is 16.7 Å². The van der Waals surface area contributed by atoms with Crippen molar-refractivity contribution in [2.45, 2.75) is 32.0 Å². The highest BCUT2D eigenvalue weighted by molar-refractivity contribution is 5.95. The summed E-state index contributed by atoms with van der Waals surface area (Å²) < 4.78 is 21.7. The van der Waals surface area contributed by atoms with Crippen LogP contribution in [0.4, 0.5) is 0 Å². The van der Waals surface area contributed by atoms with E-state index in [1.807, 2.05) is 4.90 Å². The molecule has 0 saturated carbocycles. The third-order valence-corrected chi connectivity index (χ3v) is 5.23. The van der Waals surface area contributed by atoms with Crippen molar-refractivity contribution in [3.05, 3.63) is 23.7 Å². The van der Waals surface area contributed by atoms with Gasteiger partial charge in [-0.15, -0.1) is 0 Å². The number of hydrogen-bond donors (Lipinski definition) is 0. The van der Waals surface area contributed by atoms with Gasteiger partial charge < -0.3 is 28.4 Å². The summed E-state index contributed by atoms with van der Waals surface area (Å²) in [7, 11) is 1.59. The number of likely N-dealkylation sites (tertiary alicyclic amines) is 1. The van der Waals surface area contributed by atoms with Gasteiger partial charge in [0.15, 0.2) is 5.79 Å². The first-order valence-corrected chi connectivity index (χ1v) is 9.43. The highest BCUT2D eigenvalue weighted by atomic mass is 16.7. The van der Waals surface area contributed by atoms with Gasteiger partial charge in [0, 0.05) is 52.6 Å². The van der Waals surface area contributed by atoms with Crippen LogP contribution in [0.3, 0.4) is 0 Å². The monoisotopic (exact) mass is 380 g/mol. The van der Waals surface area contributed by atoms with Crippen molar-refractivity contribution >= 4 is 11.8 Å². The maximum Gasteiger partial charge on any atom is 0.257 e. The highest BCUT2D eigenvalue weighted by Gasteiger charge is 2.40. The molecule has 0 atom stereocenters. The molecule has 2 aliphatic heterocycles. The lowest BCUT2D eigenvalue weighted by molar-refractivity contribution is -0.187. The van der Waals surface area contributed by atoms with E-state index < -0.39 is 5.79 Å². The minimum atomic E-state index is -0.490. The normalized spacial score (nSPS) is 18.8. The zero-order chi connectivity index (χ0) is 19.3. The lowest BCUT2D eigenvalue weighted by atomic mass is 10.0. The van der Waals surface area contributed by atoms with Crippen molar-refractivity contribution in [3.8, 4) is 0 Å². The van der Waals surface area contributed by atoms with E-state index in [1.165, 1.54) is 6.26 Å². The van der Waals surface area contributed by atoms with E-state index >= 15 is 0 Å². The molecule has 8 heteroatoms. The number of furan rings is 1. The SMILES string of the molecule is COCCN(CCC(=O)N1CCC2(CC1)OCCO2)C(=O)c1ccoc1C. The number of carbonyl (C=O) groups is 2. The molecule has 1 spiro atoms. The molecule has 2 saturated heterocycles. The molecule has 3 rings (SSSR count). The first kappa shape index (κ1) is 19.9. The molecule has 27 heavy (non-hydrogen) atoms. The van der Waals surface area contributed by atoms with Gasteiger partial charge >= 0.3 is 0 Å². The maximum absolute atomic E-state index is 12.7. The molecule has 0 N–H and O–H groups in total. The van der Waals surface area contributed by atoms with Gasteiger partial charge in [-0.1, -0.05) is 0 Å². The van der Waals surface area contributed by atoms with Crippen LogP contribution in [0.1, 0.15) is 35.4 Å². The van der Waals surface area contributed by atoms with Gasteiger partial charge in [0.1, 0.15) is 5.76 Å². The molecule has 3 heterocycles. The fourth-order valence-electron chi connectivity index (χ4n) is 3.56. The lowest BCUT2D eigenvalue weighted by Crippen LogP contribution is -2.48. The zero-order valence-corrected chi connectivity index (χ0v) is 16.1. The summed E-state index contributed by atoms with van der Waals surface area (Å²) in [6.07, 6.45) is 3.17. The van der Waals surface area contributed by atoms with Crippen LogP contribution in [-0.2, 0) is 19.0 Å². The Morgan fingerprint density at radius 2 is 1.93 bits per heavy atom. The van der Waals surface area contributed by atoms with Crippen LogP contribution in [0, 0.1) is 6.92 Å². The molecule has 0 unspecified atom stereocenters. The lowest BCUT2D eigenvalue weighted by Gasteiger charge is -2.37. The van der Waals surface area contributed by atoms with Crippen LogP contribution in [0.2, 0.25) is 0 Å². The molecule has 0 bridgehead atoms. The van der Waals surface area contributed by atoms with E-state index in [4.69, 9.17) is 18.6 Å². The number of aryl methyl sites for hydroxylation is 1. The third kappa shape index (κ3) is 4.69. The Balaban J connectivity index is 1.53. The van der Waals surface area contributed by atoms with E-state index in [2.05, 4.69) is 0 Å². The standard InChI is InChI=1S/C19H28N2O6/c1-15-16(4-11-25-15)18(23)21(10-12-24-2)7-3-17(22)20-8-5-19(6-9-20)26-13-14-27-19/h4,11H,3,5-10,12-14H2,1-2H3. The summed E-state index contributed by atoms with van der Waals surface area (Å²) >= 11 is 0. The zero-order valence-electron chi connectivity index (χ0n) is 16.1. The van der Waals surface area contributed by atoms with Gasteiger partial charge in [-0.2, -0.15) is 0 Å². The Labute approximate surface area is 159 Å². The number of amides is 2. The summed E-state index contributed by atoms with van der Waals surface area (Å²) in [5.41, 5.74) is 0.522. The van der Waals surface area contributed by atoms with E-state index in [1.54, 1.807) is 25.0 Å². The predicted molar refractivity (Wildman–Crippen MR) is 96.3 cm³/mol. The van der Waals surface area contributed by atoms with Gasteiger partial charge in [-0.05, 0) is 13.0 Å². The van der Waals surface area contributed by atoms with Crippen LogP contribution in [0.25, 0.3) is 0 Å². The summed E-state index contributed by atoms with van der Waals surface area (Å²) in [6, 6.07) is 1.66. The first-order chi connectivity index (χ1) is 13.0. The topological polar surface area (TPSA) is 81.5 Å². The Hall–Kier alpha value is -1.90. The number of ether oxygens (including phenoxy) is 3. The van der Waals surface area contributed by atoms with Gasteiger partial charge in [0.05, 0.1) is 31.6 Å². The maximum atomic E-state index is 12.7. The number of hydrogen-bond acceptors (Lipinski definition) is 6. The second kappa shape index (κ2) is 8.86. The molecule has 150 valence electrons. The molecule has 2 fully saturated rings. The van der Waals surface area contributed by atoms with Crippen LogP contribution in [-0.4, -0.2) is 80.5 Å². The summed E-state index contributed by atoms with van der Waals surface area (Å²) in [6.45, 7) is 5.42. The van der Waals surface area contributed by atoms with Crippen molar-refractivity contribution in [3.63, 3.8) is 0 Å². The molecule has 1 aromatic rings. The Morgan fingerprint density at radius 1 is 1.22 bits per heavy atom. The number of rotatable bonds is 7. The van der Waals surface area contributed by atoms with Crippen molar-refractivity contribution in [1.29, 1.82) is 0 Å². The minimum Gasteiger partial charge on any atom is -0.469 e. The van der Waals surface area contributed by atoms with Crippen LogP contribution >= 0.6 is 0 Å². The molecule has 2 aliphatic rings. The van der Waals surface area contributed by atoms with Crippen molar-refractivity contribution in [2.24, 2.45) is 0 Å². The molecular weight excluding hydrogens is 352 g/mol. The Morgan fingerprint density at radius 3 is 2.52 bits per heavy atom. The van der Waals surface area contributed by atoms with E-state index in [-0.39, 0.29) is 18.2 Å². The second-order valence-electron chi connectivity index (χ2n) is 6.91.